The summed E-state index contributed by atoms with van der Waals surface area (Å²) in [5.74, 6) is 0.125. The van der Waals surface area contributed by atoms with Gasteiger partial charge in [0.05, 0.1) is 7.11 Å². The number of ether oxygens (including phenoxy) is 2. The fourth-order valence-corrected chi connectivity index (χ4v) is 3.02. The zero-order chi connectivity index (χ0) is 17.2. The van der Waals surface area contributed by atoms with Crippen LogP contribution < -0.4 is 0 Å². The molecule has 0 fully saturated rings. The van der Waals surface area contributed by atoms with E-state index in [4.69, 9.17) is 9.47 Å². The molecule has 25 heavy (non-hydrogen) atoms. The summed E-state index contributed by atoms with van der Waals surface area (Å²) in [6.07, 6.45) is 2.10. The molecule has 0 bridgehead atoms. The Labute approximate surface area is 145 Å². The highest BCUT2D eigenvalue weighted by Crippen LogP contribution is 2.18. The van der Waals surface area contributed by atoms with Gasteiger partial charge in [0.2, 0.25) is 5.90 Å². The topological polar surface area (TPSA) is 52.8 Å². The number of esters is 1. The predicted molar refractivity (Wildman–Crippen MR) is 95.8 cm³/mol. The Morgan fingerprint density at radius 2 is 2.00 bits per heavy atom. The Morgan fingerprint density at radius 1 is 1.20 bits per heavy atom. The van der Waals surface area contributed by atoms with Gasteiger partial charge in [0.25, 0.3) is 0 Å². The van der Waals surface area contributed by atoms with Crippen molar-refractivity contribution in [1.82, 2.24) is 4.57 Å². The van der Waals surface area contributed by atoms with Crippen molar-refractivity contribution >= 4 is 22.8 Å². The molecular formula is C20H18N2O3. The van der Waals surface area contributed by atoms with Gasteiger partial charge in [0, 0.05) is 23.8 Å². The van der Waals surface area contributed by atoms with E-state index in [0.29, 0.717) is 5.90 Å². The van der Waals surface area contributed by atoms with Gasteiger partial charge in [-0.05, 0) is 35.2 Å². The molecule has 1 atom stereocenters. The van der Waals surface area contributed by atoms with Crippen molar-refractivity contribution in [1.29, 1.82) is 0 Å². The van der Waals surface area contributed by atoms with E-state index in [2.05, 4.69) is 52.2 Å². The maximum absolute atomic E-state index is 11.5. The third-order valence-electron chi connectivity index (χ3n) is 4.36. The van der Waals surface area contributed by atoms with E-state index in [0.717, 1.165) is 12.1 Å². The molecule has 126 valence electrons. The maximum Gasteiger partial charge on any atom is 0.334 e. The number of carbonyl (C=O) groups excluding carboxylic acids is 1. The zero-order valence-electron chi connectivity index (χ0n) is 13.9. The number of hydrogen-bond acceptors (Lipinski definition) is 4. The average molecular weight is 334 g/mol. The van der Waals surface area contributed by atoms with Crippen molar-refractivity contribution in [3.63, 3.8) is 0 Å². The first kappa shape index (κ1) is 15.4. The number of rotatable bonds is 4. The fraction of sp³-hybridized carbons (Fsp3) is 0.200. The number of hydrogen-bond donors (Lipinski definition) is 0. The number of carbonyl (C=O) groups is 1. The molecule has 0 saturated carbocycles. The molecular weight excluding hydrogens is 316 g/mol. The highest BCUT2D eigenvalue weighted by atomic mass is 16.5. The Bertz CT molecular complexity index is 941. The minimum absolute atomic E-state index is 0.235. The summed E-state index contributed by atoms with van der Waals surface area (Å²) in [5.41, 5.74) is 3.27. The van der Waals surface area contributed by atoms with Gasteiger partial charge in [0.1, 0.15) is 6.61 Å². The molecule has 0 aliphatic carbocycles. The van der Waals surface area contributed by atoms with Crippen LogP contribution in [0.15, 0.2) is 65.8 Å². The highest BCUT2D eigenvalue weighted by molar-refractivity contribution is 5.97. The molecule has 3 aromatic rings. The van der Waals surface area contributed by atoms with Crippen molar-refractivity contribution in [2.75, 3.05) is 13.7 Å². The number of benzene rings is 2. The minimum atomic E-state index is -0.564. The first-order valence-corrected chi connectivity index (χ1v) is 8.16. The second-order valence-electron chi connectivity index (χ2n) is 5.98. The number of fused-ring (bicyclic) bond motifs is 1. The number of para-hydroxylation sites is 1. The van der Waals surface area contributed by atoms with Crippen molar-refractivity contribution in [3.05, 3.63) is 71.9 Å². The second-order valence-corrected chi connectivity index (χ2v) is 5.98. The summed E-state index contributed by atoms with van der Waals surface area (Å²) in [6, 6.07) is 18.0. The Balaban J connectivity index is 1.52. The van der Waals surface area contributed by atoms with Crippen LogP contribution in [0.3, 0.4) is 0 Å². The molecule has 2 heterocycles. The quantitative estimate of drug-likeness (QED) is 0.689. The van der Waals surface area contributed by atoms with Gasteiger partial charge in [0.15, 0.2) is 6.04 Å². The Kier molecular flexibility index (Phi) is 3.98. The van der Waals surface area contributed by atoms with E-state index in [9.17, 15) is 4.79 Å². The van der Waals surface area contributed by atoms with Crippen molar-refractivity contribution in [3.8, 4) is 0 Å². The molecule has 4 rings (SSSR count). The molecule has 0 saturated heterocycles. The Morgan fingerprint density at radius 3 is 2.80 bits per heavy atom. The normalized spacial score (nSPS) is 16.5. The van der Waals surface area contributed by atoms with Crippen LogP contribution in [0.5, 0.6) is 0 Å². The van der Waals surface area contributed by atoms with E-state index in [1.165, 1.54) is 23.6 Å². The maximum atomic E-state index is 11.5. The van der Waals surface area contributed by atoms with Crippen molar-refractivity contribution in [2.24, 2.45) is 4.99 Å². The van der Waals surface area contributed by atoms with Crippen LogP contribution >= 0.6 is 0 Å². The molecule has 5 heteroatoms. The van der Waals surface area contributed by atoms with Crippen LogP contribution in [0.1, 0.15) is 11.1 Å². The summed E-state index contributed by atoms with van der Waals surface area (Å²) in [6.45, 7) is 1.03. The van der Waals surface area contributed by atoms with Crippen LogP contribution in [-0.4, -0.2) is 36.2 Å². The van der Waals surface area contributed by atoms with Crippen LogP contribution in [0.4, 0.5) is 0 Å². The summed E-state index contributed by atoms with van der Waals surface area (Å²) in [4.78, 5) is 15.8. The predicted octanol–water partition coefficient (Wildman–Crippen LogP) is 3.01. The molecule has 0 N–H and O–H groups in total. The molecule has 1 unspecified atom stereocenters. The lowest BCUT2D eigenvalue weighted by Gasteiger charge is -2.07. The van der Waals surface area contributed by atoms with E-state index in [1.54, 1.807) is 0 Å². The first-order chi connectivity index (χ1) is 12.2. The molecule has 0 radical (unpaired) electrons. The van der Waals surface area contributed by atoms with E-state index in [1.807, 2.05) is 18.2 Å². The second kappa shape index (κ2) is 6.43. The zero-order valence-corrected chi connectivity index (χ0v) is 13.9. The molecule has 2 aromatic carbocycles. The standard InChI is InChI=1S/C20H18N2O3/c1-24-20(23)17-13-25-19(21-17)16-8-6-14(7-9-16)12-22-11-10-15-4-2-3-5-18(15)22/h2-11,17H,12-13H2,1H3. The lowest BCUT2D eigenvalue weighted by molar-refractivity contribution is -0.142. The van der Waals surface area contributed by atoms with Gasteiger partial charge in [-0.15, -0.1) is 0 Å². The van der Waals surface area contributed by atoms with Crippen LogP contribution in [0, 0.1) is 0 Å². The molecule has 1 aromatic heterocycles. The van der Waals surface area contributed by atoms with E-state index in [-0.39, 0.29) is 12.6 Å². The molecule has 5 nitrogen and oxygen atoms in total. The van der Waals surface area contributed by atoms with Gasteiger partial charge in [-0.3, -0.25) is 0 Å². The SMILES string of the molecule is COC(=O)C1COC(c2ccc(Cn3ccc4ccccc43)cc2)=N1. The van der Waals surface area contributed by atoms with Gasteiger partial charge >= 0.3 is 5.97 Å². The summed E-state index contributed by atoms with van der Waals surface area (Å²) in [5, 5.41) is 1.24. The monoisotopic (exact) mass is 334 g/mol. The highest BCUT2D eigenvalue weighted by Gasteiger charge is 2.27. The van der Waals surface area contributed by atoms with Crippen molar-refractivity contribution in [2.45, 2.75) is 12.6 Å². The lowest BCUT2D eigenvalue weighted by Crippen LogP contribution is -2.21. The smallest absolute Gasteiger partial charge is 0.334 e. The molecule has 0 amide bonds. The van der Waals surface area contributed by atoms with Crippen LogP contribution in [0.25, 0.3) is 10.9 Å². The third kappa shape index (κ3) is 3.01. The van der Waals surface area contributed by atoms with Crippen molar-refractivity contribution < 1.29 is 14.3 Å². The molecule has 1 aliphatic rings. The number of methoxy groups -OCH3 is 1. The summed E-state index contributed by atoms with van der Waals surface area (Å²) in [7, 11) is 1.36. The number of aliphatic imine (C=N–C) groups is 1. The van der Waals surface area contributed by atoms with E-state index < -0.39 is 6.04 Å². The fourth-order valence-electron chi connectivity index (χ4n) is 3.02. The minimum Gasteiger partial charge on any atom is -0.475 e. The van der Waals surface area contributed by atoms with Gasteiger partial charge in [-0.1, -0.05) is 30.3 Å². The lowest BCUT2D eigenvalue weighted by atomic mass is 10.1. The number of aromatic nitrogens is 1. The summed E-state index contributed by atoms with van der Waals surface area (Å²) >= 11 is 0. The summed E-state index contributed by atoms with van der Waals surface area (Å²) < 4.78 is 12.4. The van der Waals surface area contributed by atoms with E-state index >= 15 is 0 Å². The molecule has 1 aliphatic heterocycles. The largest absolute Gasteiger partial charge is 0.475 e. The number of nitrogens with zero attached hydrogens (tertiary/aromatic N) is 2. The first-order valence-electron chi connectivity index (χ1n) is 8.16. The molecule has 0 spiro atoms. The van der Waals surface area contributed by atoms with Crippen LogP contribution in [0.2, 0.25) is 0 Å². The van der Waals surface area contributed by atoms with Crippen LogP contribution in [-0.2, 0) is 20.8 Å². The average Bonchev–Trinajstić information content (AvgIpc) is 3.30. The van der Waals surface area contributed by atoms with Gasteiger partial charge in [-0.25, -0.2) is 9.79 Å². The van der Waals surface area contributed by atoms with Gasteiger partial charge in [-0.2, -0.15) is 0 Å². The van der Waals surface area contributed by atoms with Gasteiger partial charge < -0.3 is 14.0 Å². The third-order valence-corrected chi connectivity index (χ3v) is 4.36. The Hall–Kier alpha value is -3.08.